The highest BCUT2D eigenvalue weighted by Crippen LogP contribution is 2.20. The summed E-state index contributed by atoms with van der Waals surface area (Å²) in [5.74, 6) is 0.885. The molecule has 0 bridgehead atoms. The number of carbonyl (C=O) groups is 1. The number of rotatable bonds is 5. The van der Waals surface area contributed by atoms with Crippen molar-refractivity contribution < 1.29 is 9.21 Å². The van der Waals surface area contributed by atoms with E-state index in [1.54, 1.807) is 12.1 Å². The summed E-state index contributed by atoms with van der Waals surface area (Å²) in [5.41, 5.74) is 1.53. The SMILES string of the molecule is O=C(NCCc1nnc(-c2ccc(Cl)cc2)o1)Nc1ccccc1. The Morgan fingerprint density at radius 1 is 1.04 bits per heavy atom. The molecule has 0 aliphatic heterocycles. The van der Waals surface area contributed by atoms with Crippen LogP contribution in [-0.2, 0) is 6.42 Å². The van der Waals surface area contributed by atoms with Crippen LogP contribution in [0.4, 0.5) is 10.5 Å². The van der Waals surface area contributed by atoms with Crippen molar-refractivity contribution >= 4 is 23.3 Å². The van der Waals surface area contributed by atoms with Crippen LogP contribution in [0.25, 0.3) is 11.5 Å². The third-order valence-electron chi connectivity index (χ3n) is 3.21. The standard InChI is InChI=1S/C17H15ClN4O2/c18-13-8-6-12(7-9-13)16-22-21-15(24-16)10-11-19-17(23)20-14-4-2-1-3-5-14/h1-9H,10-11H2,(H2,19,20,23). The fourth-order valence-corrected chi connectivity index (χ4v) is 2.17. The van der Waals surface area contributed by atoms with E-state index in [9.17, 15) is 4.79 Å². The number of amides is 2. The van der Waals surface area contributed by atoms with Crippen LogP contribution in [0.1, 0.15) is 5.89 Å². The molecule has 3 aromatic rings. The van der Waals surface area contributed by atoms with Crippen LogP contribution in [0, 0.1) is 0 Å². The number of benzene rings is 2. The largest absolute Gasteiger partial charge is 0.421 e. The fourth-order valence-electron chi connectivity index (χ4n) is 2.04. The number of nitrogens with zero attached hydrogens (tertiary/aromatic N) is 2. The number of para-hydroxylation sites is 1. The van der Waals surface area contributed by atoms with Gasteiger partial charge in [-0.05, 0) is 36.4 Å². The van der Waals surface area contributed by atoms with Gasteiger partial charge < -0.3 is 15.1 Å². The van der Waals surface area contributed by atoms with Gasteiger partial charge in [0, 0.05) is 29.2 Å². The van der Waals surface area contributed by atoms with Crippen LogP contribution in [-0.4, -0.2) is 22.8 Å². The van der Waals surface area contributed by atoms with Crippen LogP contribution in [0.2, 0.25) is 5.02 Å². The predicted molar refractivity (Wildman–Crippen MR) is 91.9 cm³/mol. The maximum absolute atomic E-state index is 11.8. The zero-order chi connectivity index (χ0) is 16.8. The first-order valence-corrected chi connectivity index (χ1v) is 7.77. The number of hydrogen-bond donors (Lipinski definition) is 2. The molecule has 0 unspecified atom stereocenters. The second kappa shape index (κ2) is 7.61. The lowest BCUT2D eigenvalue weighted by Crippen LogP contribution is -2.30. The molecule has 0 aliphatic carbocycles. The molecule has 0 radical (unpaired) electrons. The predicted octanol–water partition coefficient (Wildman–Crippen LogP) is 3.75. The van der Waals surface area contributed by atoms with Gasteiger partial charge >= 0.3 is 6.03 Å². The zero-order valence-electron chi connectivity index (χ0n) is 12.7. The molecule has 0 atom stereocenters. The summed E-state index contributed by atoms with van der Waals surface area (Å²) >= 11 is 5.85. The molecular weight excluding hydrogens is 328 g/mol. The van der Waals surface area contributed by atoms with E-state index >= 15 is 0 Å². The van der Waals surface area contributed by atoms with Gasteiger partial charge in [0.1, 0.15) is 0 Å². The Labute approximate surface area is 143 Å². The molecule has 2 aromatic carbocycles. The summed E-state index contributed by atoms with van der Waals surface area (Å²) in [6, 6.07) is 16.1. The number of hydrogen-bond acceptors (Lipinski definition) is 4. The highest BCUT2D eigenvalue weighted by Gasteiger charge is 2.09. The van der Waals surface area contributed by atoms with Gasteiger partial charge in [0.25, 0.3) is 0 Å². The van der Waals surface area contributed by atoms with Gasteiger partial charge in [-0.2, -0.15) is 0 Å². The van der Waals surface area contributed by atoms with Crippen molar-refractivity contribution in [2.45, 2.75) is 6.42 Å². The Morgan fingerprint density at radius 3 is 2.54 bits per heavy atom. The van der Waals surface area contributed by atoms with Gasteiger partial charge in [-0.15, -0.1) is 10.2 Å². The molecule has 0 aliphatic rings. The van der Waals surface area contributed by atoms with Crippen molar-refractivity contribution in [2.24, 2.45) is 0 Å². The Kier molecular flexibility index (Phi) is 5.08. The lowest BCUT2D eigenvalue weighted by Gasteiger charge is -2.06. The van der Waals surface area contributed by atoms with Gasteiger partial charge in [0.15, 0.2) is 0 Å². The van der Waals surface area contributed by atoms with E-state index in [1.165, 1.54) is 0 Å². The topological polar surface area (TPSA) is 80.1 Å². The Balaban J connectivity index is 1.49. The monoisotopic (exact) mass is 342 g/mol. The van der Waals surface area contributed by atoms with E-state index in [1.807, 2.05) is 42.5 Å². The fraction of sp³-hybridized carbons (Fsp3) is 0.118. The highest BCUT2D eigenvalue weighted by atomic mass is 35.5. The van der Waals surface area contributed by atoms with Crippen LogP contribution in [0.15, 0.2) is 59.0 Å². The number of nitrogens with one attached hydrogen (secondary N) is 2. The Hall–Kier alpha value is -2.86. The maximum Gasteiger partial charge on any atom is 0.319 e. The summed E-state index contributed by atoms with van der Waals surface area (Å²) in [5, 5.41) is 14.1. The Morgan fingerprint density at radius 2 is 1.79 bits per heavy atom. The molecule has 0 saturated heterocycles. The first kappa shape index (κ1) is 16.0. The van der Waals surface area contributed by atoms with Gasteiger partial charge in [0.05, 0.1) is 0 Å². The molecule has 122 valence electrons. The van der Waals surface area contributed by atoms with Crippen molar-refractivity contribution in [3.8, 4) is 11.5 Å². The first-order valence-electron chi connectivity index (χ1n) is 7.39. The van der Waals surface area contributed by atoms with Gasteiger partial charge in [-0.1, -0.05) is 29.8 Å². The Bertz CT molecular complexity index is 803. The van der Waals surface area contributed by atoms with Crippen LogP contribution in [0.5, 0.6) is 0 Å². The second-order valence-electron chi connectivity index (χ2n) is 5.00. The van der Waals surface area contributed by atoms with E-state index in [2.05, 4.69) is 20.8 Å². The van der Waals surface area contributed by atoms with Crippen molar-refractivity contribution in [3.05, 3.63) is 65.5 Å². The quantitative estimate of drug-likeness (QED) is 0.740. The minimum Gasteiger partial charge on any atom is -0.421 e. The van der Waals surface area contributed by atoms with Crippen molar-refractivity contribution in [1.29, 1.82) is 0 Å². The lowest BCUT2D eigenvalue weighted by atomic mass is 10.2. The third kappa shape index (κ3) is 4.33. The third-order valence-corrected chi connectivity index (χ3v) is 3.47. The van der Waals surface area contributed by atoms with E-state index in [4.69, 9.17) is 16.0 Å². The van der Waals surface area contributed by atoms with Gasteiger partial charge in [0.2, 0.25) is 11.8 Å². The average Bonchev–Trinajstić information content (AvgIpc) is 3.05. The minimum atomic E-state index is -0.279. The van der Waals surface area contributed by atoms with Crippen LogP contribution >= 0.6 is 11.6 Å². The molecule has 0 fully saturated rings. The first-order chi connectivity index (χ1) is 11.7. The van der Waals surface area contributed by atoms with Crippen molar-refractivity contribution in [2.75, 3.05) is 11.9 Å². The maximum atomic E-state index is 11.8. The molecule has 3 rings (SSSR count). The van der Waals surface area contributed by atoms with Crippen LogP contribution < -0.4 is 10.6 Å². The van der Waals surface area contributed by atoms with E-state index in [-0.39, 0.29) is 6.03 Å². The molecule has 0 spiro atoms. The molecule has 7 heteroatoms. The number of urea groups is 1. The van der Waals surface area contributed by atoms with E-state index < -0.39 is 0 Å². The van der Waals surface area contributed by atoms with Crippen LogP contribution in [0.3, 0.4) is 0 Å². The number of carbonyl (C=O) groups excluding carboxylic acids is 1. The molecule has 24 heavy (non-hydrogen) atoms. The normalized spacial score (nSPS) is 10.4. The lowest BCUT2D eigenvalue weighted by molar-refractivity contribution is 0.252. The molecule has 2 N–H and O–H groups in total. The number of anilines is 1. The highest BCUT2D eigenvalue weighted by molar-refractivity contribution is 6.30. The molecule has 1 aromatic heterocycles. The molecule has 1 heterocycles. The zero-order valence-corrected chi connectivity index (χ0v) is 13.5. The second-order valence-corrected chi connectivity index (χ2v) is 5.44. The molecule has 6 nitrogen and oxygen atoms in total. The summed E-state index contributed by atoms with van der Waals surface area (Å²) < 4.78 is 5.57. The molecule has 2 amide bonds. The molecular formula is C17H15ClN4O2. The molecule has 0 saturated carbocycles. The number of aromatic nitrogens is 2. The van der Waals surface area contributed by atoms with E-state index in [0.717, 1.165) is 11.3 Å². The average molecular weight is 343 g/mol. The number of halogens is 1. The van der Waals surface area contributed by atoms with Gasteiger partial charge in [-0.3, -0.25) is 0 Å². The minimum absolute atomic E-state index is 0.279. The summed E-state index contributed by atoms with van der Waals surface area (Å²) in [7, 11) is 0. The summed E-state index contributed by atoms with van der Waals surface area (Å²) in [6.45, 7) is 0.390. The van der Waals surface area contributed by atoms with Crippen molar-refractivity contribution in [3.63, 3.8) is 0 Å². The summed E-state index contributed by atoms with van der Waals surface area (Å²) in [4.78, 5) is 11.8. The van der Waals surface area contributed by atoms with Gasteiger partial charge in [-0.25, -0.2) is 4.79 Å². The summed E-state index contributed by atoms with van der Waals surface area (Å²) in [6.07, 6.45) is 0.447. The van der Waals surface area contributed by atoms with E-state index in [0.29, 0.717) is 29.8 Å². The smallest absolute Gasteiger partial charge is 0.319 e. The van der Waals surface area contributed by atoms with Crippen molar-refractivity contribution in [1.82, 2.24) is 15.5 Å².